The van der Waals surface area contributed by atoms with Gasteiger partial charge in [-0.25, -0.2) is 0 Å². The van der Waals surface area contributed by atoms with E-state index in [2.05, 4.69) is 6.92 Å². The topological polar surface area (TPSA) is 53.7 Å². The van der Waals surface area contributed by atoms with Gasteiger partial charge in [-0.2, -0.15) is 0 Å². The van der Waals surface area contributed by atoms with Crippen LogP contribution in [-0.4, -0.2) is 32.3 Å². The van der Waals surface area contributed by atoms with E-state index in [0.29, 0.717) is 12.5 Å². The molecule has 4 heteroatoms. The maximum Gasteiger partial charge on any atom is 0.287 e. The van der Waals surface area contributed by atoms with Gasteiger partial charge in [-0.1, -0.05) is 6.92 Å². The van der Waals surface area contributed by atoms with Crippen molar-refractivity contribution in [3.8, 4) is 0 Å². The summed E-state index contributed by atoms with van der Waals surface area (Å²) in [5, 5.41) is 0. The standard InChI is InChI=1S/C9H17NO3/c1-2-8(3-10)9-11-4-7(5-12-9)6-13-9/h7-8H,2-6,10H2,1H3. The zero-order valence-electron chi connectivity index (χ0n) is 7.99. The van der Waals surface area contributed by atoms with Crippen molar-refractivity contribution in [3.63, 3.8) is 0 Å². The number of fused-ring (bicyclic) bond motifs is 3. The van der Waals surface area contributed by atoms with Gasteiger partial charge in [0.25, 0.3) is 5.97 Å². The van der Waals surface area contributed by atoms with Crippen LogP contribution in [0.2, 0.25) is 0 Å². The summed E-state index contributed by atoms with van der Waals surface area (Å²) < 4.78 is 16.8. The SMILES string of the molecule is CCC(CN)C12OCC(CO1)CO2. The van der Waals surface area contributed by atoms with Crippen LogP contribution in [-0.2, 0) is 14.2 Å². The molecule has 0 radical (unpaired) electrons. The highest BCUT2D eigenvalue weighted by Crippen LogP contribution is 2.36. The van der Waals surface area contributed by atoms with Crippen LogP contribution >= 0.6 is 0 Å². The van der Waals surface area contributed by atoms with Gasteiger partial charge in [-0.15, -0.1) is 0 Å². The molecule has 1 unspecified atom stereocenters. The molecule has 3 fully saturated rings. The monoisotopic (exact) mass is 187 g/mol. The Kier molecular flexibility index (Phi) is 2.55. The van der Waals surface area contributed by atoms with E-state index in [-0.39, 0.29) is 5.92 Å². The van der Waals surface area contributed by atoms with E-state index in [4.69, 9.17) is 19.9 Å². The number of ether oxygens (including phenoxy) is 3. The van der Waals surface area contributed by atoms with Crippen molar-refractivity contribution in [2.45, 2.75) is 19.3 Å². The molecule has 0 spiro atoms. The molecule has 0 aromatic rings. The molecule has 0 aromatic heterocycles. The summed E-state index contributed by atoms with van der Waals surface area (Å²) in [6, 6.07) is 0. The van der Waals surface area contributed by atoms with E-state index >= 15 is 0 Å². The first-order valence-corrected chi connectivity index (χ1v) is 4.92. The highest BCUT2D eigenvalue weighted by molar-refractivity contribution is 4.80. The fraction of sp³-hybridized carbons (Fsp3) is 1.00. The lowest BCUT2D eigenvalue weighted by Gasteiger charge is -2.48. The maximum atomic E-state index is 5.65. The van der Waals surface area contributed by atoms with Gasteiger partial charge in [-0.3, -0.25) is 0 Å². The summed E-state index contributed by atoms with van der Waals surface area (Å²) >= 11 is 0. The van der Waals surface area contributed by atoms with Crippen molar-refractivity contribution in [2.75, 3.05) is 26.4 Å². The lowest BCUT2D eigenvalue weighted by molar-refractivity contribution is -0.466. The van der Waals surface area contributed by atoms with E-state index in [9.17, 15) is 0 Å². The van der Waals surface area contributed by atoms with Crippen molar-refractivity contribution >= 4 is 0 Å². The number of rotatable bonds is 3. The highest BCUT2D eigenvalue weighted by Gasteiger charge is 2.49. The second kappa shape index (κ2) is 3.53. The van der Waals surface area contributed by atoms with Crippen molar-refractivity contribution in [2.24, 2.45) is 17.6 Å². The molecule has 0 saturated carbocycles. The van der Waals surface area contributed by atoms with Crippen LogP contribution in [0.5, 0.6) is 0 Å². The molecule has 3 heterocycles. The molecule has 3 aliphatic heterocycles. The molecule has 13 heavy (non-hydrogen) atoms. The normalized spacial score (nSPS) is 40.6. The van der Waals surface area contributed by atoms with Crippen LogP contribution in [0.1, 0.15) is 13.3 Å². The average Bonchev–Trinajstić information content (AvgIpc) is 2.22. The molecule has 2 bridgehead atoms. The molecule has 0 amide bonds. The minimum Gasteiger partial charge on any atom is -0.330 e. The molecular formula is C9H17NO3. The minimum absolute atomic E-state index is 0.147. The van der Waals surface area contributed by atoms with Gasteiger partial charge in [0.15, 0.2) is 0 Å². The smallest absolute Gasteiger partial charge is 0.287 e. The zero-order chi connectivity index (χ0) is 9.31. The van der Waals surface area contributed by atoms with Crippen LogP contribution in [0.15, 0.2) is 0 Å². The minimum atomic E-state index is -0.821. The highest BCUT2D eigenvalue weighted by atomic mass is 16.9. The molecule has 2 N–H and O–H groups in total. The third kappa shape index (κ3) is 1.48. The van der Waals surface area contributed by atoms with E-state index in [0.717, 1.165) is 26.2 Å². The number of hydrogen-bond acceptors (Lipinski definition) is 4. The molecule has 0 aromatic carbocycles. The molecule has 3 saturated heterocycles. The summed E-state index contributed by atoms with van der Waals surface area (Å²) in [5.74, 6) is -0.260. The van der Waals surface area contributed by atoms with Crippen molar-refractivity contribution in [1.29, 1.82) is 0 Å². The summed E-state index contributed by atoms with van der Waals surface area (Å²) in [7, 11) is 0. The summed E-state index contributed by atoms with van der Waals surface area (Å²) in [6.07, 6.45) is 0.918. The first-order valence-electron chi connectivity index (χ1n) is 4.92. The van der Waals surface area contributed by atoms with Crippen LogP contribution in [0.3, 0.4) is 0 Å². The number of nitrogens with two attached hydrogens (primary N) is 1. The number of hydrogen-bond donors (Lipinski definition) is 1. The van der Waals surface area contributed by atoms with Gasteiger partial charge in [0.1, 0.15) is 0 Å². The fourth-order valence-corrected chi connectivity index (χ4v) is 1.89. The predicted octanol–water partition coefficient (Wildman–Crippen LogP) is 0.318. The summed E-state index contributed by atoms with van der Waals surface area (Å²) in [6.45, 7) is 4.85. The second-order valence-corrected chi connectivity index (χ2v) is 3.74. The van der Waals surface area contributed by atoms with Crippen LogP contribution in [0.4, 0.5) is 0 Å². The van der Waals surface area contributed by atoms with E-state index in [1.807, 2.05) is 0 Å². The quantitative estimate of drug-likeness (QED) is 0.691. The van der Waals surface area contributed by atoms with Gasteiger partial charge in [0.2, 0.25) is 0 Å². The Labute approximate surface area is 78.3 Å². The molecule has 0 aliphatic carbocycles. The maximum absolute atomic E-state index is 5.65. The van der Waals surface area contributed by atoms with E-state index in [1.165, 1.54) is 0 Å². The molecule has 3 aliphatic rings. The molecule has 76 valence electrons. The van der Waals surface area contributed by atoms with Crippen molar-refractivity contribution in [3.05, 3.63) is 0 Å². The van der Waals surface area contributed by atoms with Crippen LogP contribution in [0, 0.1) is 11.8 Å². The van der Waals surface area contributed by atoms with E-state index in [1.54, 1.807) is 0 Å². The van der Waals surface area contributed by atoms with Gasteiger partial charge < -0.3 is 19.9 Å². The Morgan fingerprint density at radius 3 is 2.23 bits per heavy atom. The fourth-order valence-electron chi connectivity index (χ4n) is 1.89. The van der Waals surface area contributed by atoms with Crippen LogP contribution in [0.25, 0.3) is 0 Å². The summed E-state index contributed by atoms with van der Waals surface area (Å²) in [5.41, 5.74) is 5.65. The Morgan fingerprint density at radius 1 is 1.31 bits per heavy atom. The van der Waals surface area contributed by atoms with Gasteiger partial charge >= 0.3 is 0 Å². The third-order valence-electron chi connectivity index (χ3n) is 2.84. The third-order valence-corrected chi connectivity index (χ3v) is 2.84. The van der Waals surface area contributed by atoms with Gasteiger partial charge in [0, 0.05) is 12.5 Å². The Hall–Kier alpha value is -0.160. The largest absolute Gasteiger partial charge is 0.330 e. The Morgan fingerprint density at radius 2 is 1.85 bits per heavy atom. The Balaban J connectivity index is 2.08. The lowest BCUT2D eigenvalue weighted by atomic mass is 10.0. The van der Waals surface area contributed by atoms with Gasteiger partial charge in [0.05, 0.1) is 25.7 Å². The Bertz CT molecular complexity index is 160. The van der Waals surface area contributed by atoms with Crippen molar-refractivity contribution in [1.82, 2.24) is 0 Å². The van der Waals surface area contributed by atoms with Crippen molar-refractivity contribution < 1.29 is 14.2 Å². The predicted molar refractivity (Wildman–Crippen MR) is 46.9 cm³/mol. The van der Waals surface area contributed by atoms with Gasteiger partial charge in [-0.05, 0) is 6.42 Å². The first-order chi connectivity index (χ1) is 6.30. The lowest BCUT2D eigenvalue weighted by Crippen LogP contribution is -2.59. The van der Waals surface area contributed by atoms with E-state index < -0.39 is 5.97 Å². The zero-order valence-corrected chi connectivity index (χ0v) is 7.99. The summed E-state index contributed by atoms with van der Waals surface area (Å²) in [4.78, 5) is 0. The average molecular weight is 187 g/mol. The van der Waals surface area contributed by atoms with Crippen LogP contribution < -0.4 is 5.73 Å². The molecule has 4 nitrogen and oxygen atoms in total. The molecule has 1 atom stereocenters. The molecule has 3 rings (SSSR count). The second-order valence-electron chi connectivity index (χ2n) is 3.74. The first kappa shape index (κ1) is 9.40. The molecular weight excluding hydrogens is 170 g/mol.